The maximum atomic E-state index is 4.76. The topological polar surface area (TPSA) is 46.8 Å². The van der Waals surface area contributed by atoms with E-state index in [1.54, 1.807) is 23.1 Å². The van der Waals surface area contributed by atoms with Gasteiger partial charge >= 0.3 is 0 Å². The Bertz CT molecular complexity index is 1060. The Hall–Kier alpha value is -2.38. The lowest BCUT2D eigenvalue weighted by molar-refractivity contribution is 0.841. The lowest BCUT2D eigenvalue weighted by Gasteiger charge is -2.18. The van der Waals surface area contributed by atoms with Crippen LogP contribution in [0.15, 0.2) is 53.7 Å². The van der Waals surface area contributed by atoms with Crippen LogP contribution < -0.4 is 4.90 Å². The van der Waals surface area contributed by atoms with Crippen molar-refractivity contribution in [2.24, 2.45) is 0 Å². The fourth-order valence-electron chi connectivity index (χ4n) is 3.51. The molecule has 1 fully saturated rings. The Morgan fingerprint density at radius 2 is 1.79 bits per heavy atom. The quantitative estimate of drug-likeness (QED) is 0.432. The number of benzene rings is 2. The highest BCUT2D eigenvalue weighted by Gasteiger charge is 2.22. The summed E-state index contributed by atoms with van der Waals surface area (Å²) in [4.78, 5) is 7.10. The van der Waals surface area contributed by atoms with Crippen molar-refractivity contribution in [3.8, 4) is 5.69 Å². The number of aromatic nitrogens is 4. The lowest BCUT2D eigenvalue weighted by Crippen LogP contribution is -2.22. The second-order valence-corrected chi connectivity index (χ2v) is 9.07. The number of hydrogen-bond donors (Lipinski definition) is 0. The number of thiazole rings is 1. The van der Waals surface area contributed by atoms with Crippen molar-refractivity contribution in [2.45, 2.75) is 30.7 Å². The molecule has 0 radical (unpaired) electrons. The summed E-state index contributed by atoms with van der Waals surface area (Å²) in [5, 5.41) is 11.1. The zero-order chi connectivity index (χ0) is 18.9. The molecule has 0 spiro atoms. The zero-order valence-corrected chi connectivity index (χ0v) is 17.3. The van der Waals surface area contributed by atoms with Gasteiger partial charge < -0.3 is 4.90 Å². The van der Waals surface area contributed by atoms with Gasteiger partial charge in [0.15, 0.2) is 5.16 Å². The van der Waals surface area contributed by atoms with Crippen molar-refractivity contribution < 1.29 is 0 Å². The van der Waals surface area contributed by atoms with Crippen molar-refractivity contribution in [2.75, 3.05) is 18.0 Å². The van der Waals surface area contributed by atoms with Gasteiger partial charge in [-0.1, -0.05) is 41.6 Å². The molecular weight excluding hydrogens is 386 g/mol. The Labute approximate surface area is 172 Å². The molecule has 5 rings (SSSR count). The first-order valence-corrected chi connectivity index (χ1v) is 11.3. The van der Waals surface area contributed by atoms with Gasteiger partial charge in [-0.2, -0.15) is 0 Å². The zero-order valence-electron chi connectivity index (χ0n) is 15.7. The molecule has 3 heterocycles. The SMILES string of the molecule is Cc1ccc(-n2c(SCc3nc4ccccc4s3)nnc2N2CCCC2)cc1. The Morgan fingerprint density at radius 1 is 1.00 bits per heavy atom. The minimum absolute atomic E-state index is 0.795. The van der Waals surface area contributed by atoms with E-state index in [4.69, 9.17) is 4.98 Å². The molecular formula is C21H21N5S2. The summed E-state index contributed by atoms with van der Waals surface area (Å²) in [5.74, 6) is 1.75. The molecule has 5 nitrogen and oxygen atoms in total. The van der Waals surface area contributed by atoms with Crippen LogP contribution in [0.1, 0.15) is 23.4 Å². The van der Waals surface area contributed by atoms with Gasteiger partial charge in [-0.05, 0) is 44.0 Å². The summed E-state index contributed by atoms with van der Waals surface area (Å²) >= 11 is 3.46. The van der Waals surface area contributed by atoms with E-state index in [-0.39, 0.29) is 0 Å². The largest absolute Gasteiger partial charge is 0.341 e. The molecule has 0 aliphatic carbocycles. The lowest BCUT2D eigenvalue weighted by atomic mass is 10.2. The number of para-hydroxylation sites is 1. The predicted octanol–water partition coefficient (Wildman–Crippen LogP) is 5.08. The number of thioether (sulfide) groups is 1. The average molecular weight is 408 g/mol. The minimum atomic E-state index is 0.795. The third kappa shape index (κ3) is 3.40. The number of anilines is 1. The summed E-state index contributed by atoms with van der Waals surface area (Å²) in [7, 11) is 0. The summed E-state index contributed by atoms with van der Waals surface area (Å²) in [5.41, 5.74) is 3.44. The van der Waals surface area contributed by atoms with E-state index in [0.717, 1.165) is 46.2 Å². The van der Waals surface area contributed by atoms with Crippen LogP contribution in [0.25, 0.3) is 15.9 Å². The molecule has 0 amide bonds. The van der Waals surface area contributed by atoms with Crippen LogP contribution in [-0.4, -0.2) is 32.8 Å². The van der Waals surface area contributed by atoms with Gasteiger partial charge in [-0.3, -0.25) is 4.57 Å². The molecule has 142 valence electrons. The van der Waals surface area contributed by atoms with Crippen molar-refractivity contribution in [1.29, 1.82) is 0 Å². The van der Waals surface area contributed by atoms with Gasteiger partial charge in [-0.25, -0.2) is 4.98 Å². The van der Waals surface area contributed by atoms with E-state index >= 15 is 0 Å². The van der Waals surface area contributed by atoms with E-state index in [2.05, 4.69) is 69.1 Å². The normalized spacial score (nSPS) is 14.2. The maximum absolute atomic E-state index is 4.76. The minimum Gasteiger partial charge on any atom is -0.341 e. The molecule has 0 bridgehead atoms. The van der Waals surface area contributed by atoms with E-state index in [9.17, 15) is 0 Å². The number of nitrogens with zero attached hydrogens (tertiary/aromatic N) is 5. The van der Waals surface area contributed by atoms with Crippen LogP contribution in [0.4, 0.5) is 5.95 Å². The second kappa shape index (κ2) is 7.56. The average Bonchev–Trinajstić information content (AvgIpc) is 3.45. The third-order valence-corrected chi connectivity index (χ3v) is 7.12. The van der Waals surface area contributed by atoms with Gasteiger partial charge in [0.2, 0.25) is 5.95 Å². The van der Waals surface area contributed by atoms with Crippen molar-refractivity contribution >= 4 is 39.3 Å². The Kier molecular flexibility index (Phi) is 4.78. The van der Waals surface area contributed by atoms with Gasteiger partial charge in [0.1, 0.15) is 5.01 Å². The standard InChI is InChI=1S/C21H21N5S2/c1-15-8-10-16(11-9-15)26-20(25-12-4-5-13-25)23-24-21(26)27-14-19-22-17-6-2-3-7-18(17)28-19/h2-3,6-11H,4-5,12-14H2,1H3. The van der Waals surface area contributed by atoms with Gasteiger partial charge in [0.25, 0.3) is 0 Å². The molecule has 2 aromatic heterocycles. The summed E-state index contributed by atoms with van der Waals surface area (Å²) in [6, 6.07) is 16.9. The Morgan fingerprint density at radius 3 is 2.57 bits per heavy atom. The second-order valence-electron chi connectivity index (χ2n) is 7.01. The number of hydrogen-bond acceptors (Lipinski definition) is 6. The van der Waals surface area contributed by atoms with Crippen LogP contribution in [0.5, 0.6) is 0 Å². The van der Waals surface area contributed by atoms with E-state index in [1.165, 1.54) is 23.1 Å². The Balaban J connectivity index is 1.47. The molecule has 4 aromatic rings. The molecule has 0 unspecified atom stereocenters. The predicted molar refractivity (Wildman–Crippen MR) is 117 cm³/mol. The fraction of sp³-hybridized carbons (Fsp3) is 0.286. The van der Waals surface area contributed by atoms with Gasteiger partial charge in [0.05, 0.1) is 21.7 Å². The van der Waals surface area contributed by atoms with Crippen molar-refractivity contribution in [1.82, 2.24) is 19.7 Å². The first-order chi connectivity index (χ1) is 13.8. The molecule has 1 saturated heterocycles. The first kappa shape index (κ1) is 17.7. The van der Waals surface area contributed by atoms with Crippen LogP contribution in [0.3, 0.4) is 0 Å². The fourth-order valence-corrected chi connectivity index (χ4v) is 5.41. The molecule has 1 aliphatic heterocycles. The number of aryl methyl sites for hydroxylation is 1. The molecule has 0 atom stereocenters. The highest BCUT2D eigenvalue weighted by Crippen LogP contribution is 2.32. The number of fused-ring (bicyclic) bond motifs is 1. The van der Waals surface area contributed by atoms with Crippen LogP contribution >= 0.6 is 23.1 Å². The highest BCUT2D eigenvalue weighted by atomic mass is 32.2. The summed E-state index contributed by atoms with van der Waals surface area (Å²) in [6.45, 7) is 4.21. The first-order valence-electron chi connectivity index (χ1n) is 9.52. The van der Waals surface area contributed by atoms with Gasteiger partial charge in [-0.15, -0.1) is 21.5 Å². The van der Waals surface area contributed by atoms with E-state index < -0.39 is 0 Å². The van der Waals surface area contributed by atoms with Crippen LogP contribution in [0, 0.1) is 6.92 Å². The molecule has 28 heavy (non-hydrogen) atoms. The molecule has 1 aliphatic rings. The van der Waals surface area contributed by atoms with Crippen molar-refractivity contribution in [3.05, 3.63) is 59.1 Å². The monoisotopic (exact) mass is 407 g/mol. The van der Waals surface area contributed by atoms with E-state index in [0.29, 0.717) is 0 Å². The smallest absolute Gasteiger partial charge is 0.232 e. The summed E-state index contributed by atoms with van der Waals surface area (Å²) in [6.07, 6.45) is 2.43. The number of rotatable bonds is 5. The maximum Gasteiger partial charge on any atom is 0.232 e. The van der Waals surface area contributed by atoms with Crippen molar-refractivity contribution in [3.63, 3.8) is 0 Å². The molecule has 0 N–H and O–H groups in total. The molecule has 2 aromatic carbocycles. The third-order valence-electron chi connectivity index (χ3n) is 4.96. The van der Waals surface area contributed by atoms with Crippen LogP contribution in [-0.2, 0) is 5.75 Å². The van der Waals surface area contributed by atoms with Gasteiger partial charge in [0, 0.05) is 13.1 Å². The highest BCUT2D eigenvalue weighted by molar-refractivity contribution is 7.98. The molecule has 0 saturated carbocycles. The molecule has 7 heteroatoms. The van der Waals surface area contributed by atoms with E-state index in [1.807, 2.05) is 6.07 Å². The van der Waals surface area contributed by atoms with Crippen LogP contribution in [0.2, 0.25) is 0 Å². The summed E-state index contributed by atoms with van der Waals surface area (Å²) < 4.78 is 3.43.